The van der Waals surface area contributed by atoms with Crippen molar-refractivity contribution in [1.82, 2.24) is 0 Å². The second kappa shape index (κ2) is 6.37. The van der Waals surface area contributed by atoms with Gasteiger partial charge in [0.2, 0.25) is 0 Å². The van der Waals surface area contributed by atoms with Crippen LogP contribution in [0.5, 0.6) is 5.75 Å². The fourth-order valence-electron chi connectivity index (χ4n) is 2.44. The molecule has 0 bridgehead atoms. The van der Waals surface area contributed by atoms with Gasteiger partial charge >= 0.3 is 0 Å². The van der Waals surface area contributed by atoms with Gasteiger partial charge in [0.25, 0.3) is 0 Å². The maximum Gasteiger partial charge on any atom is 0.127 e. The van der Waals surface area contributed by atoms with E-state index < -0.39 is 0 Å². The summed E-state index contributed by atoms with van der Waals surface area (Å²) in [6.45, 7) is 13.2. The molecule has 0 aliphatic carbocycles. The number of aliphatic hydroxyl groups excluding tert-OH is 1. The Bertz CT molecular complexity index is 481. The molecule has 3 heteroatoms. The normalized spacial score (nSPS) is 14.1. The Hall–Kier alpha value is -1.06. The van der Waals surface area contributed by atoms with Crippen molar-refractivity contribution in [3.63, 3.8) is 0 Å². The van der Waals surface area contributed by atoms with Crippen LogP contribution in [-0.4, -0.2) is 18.8 Å². The van der Waals surface area contributed by atoms with Crippen LogP contribution in [0.15, 0.2) is 12.1 Å². The second-order valence-electron chi connectivity index (χ2n) is 7.77. The fraction of sp³-hybridized carbons (Fsp3) is 0.667. The van der Waals surface area contributed by atoms with Gasteiger partial charge in [0.05, 0.1) is 7.11 Å². The van der Waals surface area contributed by atoms with Crippen molar-refractivity contribution in [2.75, 3.05) is 13.7 Å². The van der Waals surface area contributed by atoms with E-state index in [2.05, 4.69) is 53.7 Å². The Kier molecular flexibility index (Phi) is 5.46. The van der Waals surface area contributed by atoms with Crippen LogP contribution < -0.4 is 10.5 Å². The summed E-state index contributed by atoms with van der Waals surface area (Å²) in [5.41, 5.74) is 9.68. The van der Waals surface area contributed by atoms with Crippen molar-refractivity contribution >= 4 is 0 Å². The van der Waals surface area contributed by atoms with E-state index in [-0.39, 0.29) is 23.5 Å². The highest BCUT2D eigenvalue weighted by molar-refractivity contribution is 5.50. The first-order chi connectivity index (χ1) is 9.52. The van der Waals surface area contributed by atoms with Gasteiger partial charge in [-0.1, -0.05) is 47.6 Å². The summed E-state index contributed by atoms with van der Waals surface area (Å²) in [6.07, 6.45) is 0.535. The lowest BCUT2D eigenvalue weighted by Gasteiger charge is -2.30. The first kappa shape index (κ1) is 18.0. The predicted molar refractivity (Wildman–Crippen MR) is 89.0 cm³/mol. The van der Waals surface area contributed by atoms with Gasteiger partial charge in [-0.25, -0.2) is 0 Å². The molecule has 0 saturated carbocycles. The van der Waals surface area contributed by atoms with Crippen LogP contribution in [0.3, 0.4) is 0 Å². The first-order valence-corrected chi connectivity index (χ1v) is 7.61. The van der Waals surface area contributed by atoms with E-state index in [1.807, 2.05) is 0 Å². The second-order valence-corrected chi connectivity index (χ2v) is 7.77. The summed E-state index contributed by atoms with van der Waals surface area (Å²) in [7, 11) is 1.69. The predicted octanol–water partition coefficient (Wildman–Crippen LogP) is 3.67. The molecule has 0 saturated heterocycles. The third kappa shape index (κ3) is 4.21. The Morgan fingerprint density at radius 3 is 2.05 bits per heavy atom. The Morgan fingerprint density at radius 1 is 1.10 bits per heavy atom. The van der Waals surface area contributed by atoms with Crippen LogP contribution >= 0.6 is 0 Å². The highest BCUT2D eigenvalue weighted by Crippen LogP contribution is 2.40. The summed E-state index contributed by atoms with van der Waals surface area (Å²) >= 11 is 0. The number of ether oxygens (including phenoxy) is 1. The van der Waals surface area contributed by atoms with Crippen LogP contribution in [0.4, 0.5) is 0 Å². The molecule has 0 radical (unpaired) electrons. The van der Waals surface area contributed by atoms with Crippen molar-refractivity contribution < 1.29 is 9.84 Å². The molecule has 0 spiro atoms. The number of methoxy groups -OCH3 is 1. The third-order valence-corrected chi connectivity index (χ3v) is 3.84. The summed E-state index contributed by atoms with van der Waals surface area (Å²) in [6, 6.07) is 4.15. The summed E-state index contributed by atoms with van der Waals surface area (Å²) in [5, 5.41) is 9.20. The molecular weight excluding hydrogens is 262 g/mol. The largest absolute Gasteiger partial charge is 0.496 e. The molecule has 0 fully saturated rings. The maximum absolute atomic E-state index is 9.20. The fourth-order valence-corrected chi connectivity index (χ4v) is 2.44. The average molecular weight is 293 g/mol. The highest BCUT2D eigenvalue weighted by Gasteiger charge is 2.27. The van der Waals surface area contributed by atoms with Crippen molar-refractivity contribution in [3.05, 3.63) is 28.8 Å². The highest BCUT2D eigenvalue weighted by atomic mass is 16.5. The molecular formula is C18H31NO2. The van der Waals surface area contributed by atoms with Gasteiger partial charge in [0.1, 0.15) is 5.75 Å². The molecule has 1 atom stereocenters. The molecule has 0 aromatic heterocycles. The Morgan fingerprint density at radius 2 is 1.67 bits per heavy atom. The van der Waals surface area contributed by atoms with Gasteiger partial charge < -0.3 is 15.6 Å². The van der Waals surface area contributed by atoms with E-state index in [0.29, 0.717) is 6.42 Å². The molecule has 1 aromatic carbocycles. The van der Waals surface area contributed by atoms with Crippen molar-refractivity contribution in [3.8, 4) is 5.75 Å². The number of hydrogen-bond acceptors (Lipinski definition) is 3. The lowest BCUT2D eigenvalue weighted by molar-refractivity contribution is 0.274. The number of nitrogens with two attached hydrogens (primary N) is 1. The molecule has 0 heterocycles. The van der Waals surface area contributed by atoms with E-state index in [1.54, 1.807) is 7.11 Å². The molecule has 3 N–H and O–H groups in total. The molecule has 0 aliphatic heterocycles. The standard InChI is InChI=1S/C18H31NO2/c1-17(2,3)12-10-13(15(19)8-9-20)16(21-7)14(11-12)18(4,5)6/h10-11,15,20H,8-9,19H2,1-7H3. The Balaban J connectivity index is 3.60. The van der Waals surface area contributed by atoms with E-state index in [9.17, 15) is 5.11 Å². The molecule has 21 heavy (non-hydrogen) atoms. The minimum absolute atomic E-state index is 0.0275. The summed E-state index contributed by atoms with van der Waals surface area (Å²) in [4.78, 5) is 0. The number of rotatable bonds is 4. The molecule has 0 amide bonds. The zero-order chi connectivity index (χ0) is 16.4. The molecule has 1 unspecified atom stereocenters. The van der Waals surface area contributed by atoms with E-state index >= 15 is 0 Å². The topological polar surface area (TPSA) is 55.5 Å². The van der Waals surface area contributed by atoms with Crippen LogP contribution in [0.25, 0.3) is 0 Å². The van der Waals surface area contributed by atoms with Crippen LogP contribution in [0.1, 0.15) is 70.7 Å². The lowest BCUT2D eigenvalue weighted by atomic mass is 9.78. The average Bonchev–Trinajstić information content (AvgIpc) is 2.35. The van der Waals surface area contributed by atoms with E-state index in [0.717, 1.165) is 11.3 Å². The van der Waals surface area contributed by atoms with Gasteiger partial charge in [0, 0.05) is 23.8 Å². The van der Waals surface area contributed by atoms with Crippen molar-refractivity contribution in [2.24, 2.45) is 5.73 Å². The van der Waals surface area contributed by atoms with Gasteiger partial charge in [-0.3, -0.25) is 0 Å². The molecule has 1 rings (SSSR count). The van der Waals surface area contributed by atoms with E-state index in [4.69, 9.17) is 10.5 Å². The molecule has 3 nitrogen and oxygen atoms in total. The minimum atomic E-state index is -0.214. The van der Waals surface area contributed by atoms with Gasteiger partial charge in [-0.2, -0.15) is 0 Å². The third-order valence-electron chi connectivity index (χ3n) is 3.84. The monoisotopic (exact) mass is 293 g/mol. The number of benzene rings is 1. The molecule has 120 valence electrons. The van der Waals surface area contributed by atoms with Crippen LogP contribution in [-0.2, 0) is 10.8 Å². The SMILES string of the molecule is COc1c(C(N)CCO)cc(C(C)(C)C)cc1C(C)(C)C. The van der Waals surface area contributed by atoms with Gasteiger partial charge in [0.15, 0.2) is 0 Å². The summed E-state index contributed by atoms with van der Waals surface area (Å²) in [5.74, 6) is 0.858. The van der Waals surface area contributed by atoms with E-state index in [1.165, 1.54) is 11.1 Å². The van der Waals surface area contributed by atoms with Crippen LogP contribution in [0, 0.1) is 0 Å². The minimum Gasteiger partial charge on any atom is -0.496 e. The maximum atomic E-state index is 9.20. The summed E-state index contributed by atoms with van der Waals surface area (Å²) < 4.78 is 5.68. The van der Waals surface area contributed by atoms with Crippen molar-refractivity contribution in [2.45, 2.75) is 64.8 Å². The zero-order valence-electron chi connectivity index (χ0n) is 14.6. The van der Waals surface area contributed by atoms with Gasteiger partial charge in [-0.15, -0.1) is 0 Å². The zero-order valence-corrected chi connectivity index (χ0v) is 14.6. The van der Waals surface area contributed by atoms with Crippen LogP contribution in [0.2, 0.25) is 0 Å². The van der Waals surface area contributed by atoms with Crippen molar-refractivity contribution in [1.29, 1.82) is 0 Å². The lowest BCUT2D eigenvalue weighted by Crippen LogP contribution is -2.21. The first-order valence-electron chi connectivity index (χ1n) is 7.61. The quantitative estimate of drug-likeness (QED) is 0.890. The number of aliphatic hydroxyl groups is 1. The Labute approximate surface area is 129 Å². The number of hydrogen-bond donors (Lipinski definition) is 2. The molecule has 1 aromatic rings. The smallest absolute Gasteiger partial charge is 0.127 e. The van der Waals surface area contributed by atoms with Gasteiger partial charge in [-0.05, 0) is 28.9 Å². The molecule has 0 aliphatic rings.